The number of amides is 1. The summed E-state index contributed by atoms with van der Waals surface area (Å²) in [6.07, 6.45) is 3.55. The molecule has 0 fully saturated rings. The van der Waals surface area contributed by atoms with Crippen molar-refractivity contribution in [3.05, 3.63) is 59.9 Å². The Morgan fingerprint density at radius 1 is 1.11 bits per heavy atom. The molecule has 0 saturated carbocycles. The zero-order chi connectivity index (χ0) is 13.5. The summed E-state index contributed by atoms with van der Waals surface area (Å²) in [6, 6.07) is 11.4. The molecule has 2 rings (SSSR count). The number of hydrogen-bond acceptors (Lipinski definition) is 3. The van der Waals surface area contributed by atoms with Crippen LogP contribution in [0.15, 0.2) is 48.8 Å². The Bertz CT molecular complexity index is 523. The van der Waals surface area contributed by atoms with Crippen molar-refractivity contribution in [3.63, 3.8) is 0 Å². The molecule has 19 heavy (non-hydrogen) atoms. The van der Waals surface area contributed by atoms with Crippen LogP contribution in [-0.4, -0.2) is 17.4 Å². The molecule has 0 aliphatic carbocycles. The van der Waals surface area contributed by atoms with E-state index in [1.807, 2.05) is 43.3 Å². The van der Waals surface area contributed by atoms with Gasteiger partial charge < -0.3 is 10.6 Å². The Balaban J connectivity index is 1.94. The number of hydrogen-bond donors (Lipinski definition) is 2. The number of aromatic nitrogens is 1. The van der Waals surface area contributed by atoms with Crippen LogP contribution in [0, 0.1) is 0 Å². The maximum atomic E-state index is 11.6. The SMILES string of the molecule is CCNC(=O)c1ccc(NCc2ccncc2)cc1. The highest BCUT2D eigenvalue weighted by atomic mass is 16.1. The monoisotopic (exact) mass is 255 g/mol. The smallest absolute Gasteiger partial charge is 0.251 e. The lowest BCUT2D eigenvalue weighted by molar-refractivity contribution is 0.0956. The Morgan fingerprint density at radius 3 is 2.42 bits per heavy atom. The number of anilines is 1. The normalized spacial score (nSPS) is 9.95. The fourth-order valence-corrected chi connectivity index (χ4v) is 1.71. The van der Waals surface area contributed by atoms with Crippen LogP contribution in [-0.2, 0) is 6.54 Å². The maximum Gasteiger partial charge on any atom is 0.251 e. The summed E-state index contributed by atoms with van der Waals surface area (Å²) in [4.78, 5) is 15.6. The molecule has 98 valence electrons. The minimum absolute atomic E-state index is 0.0387. The summed E-state index contributed by atoms with van der Waals surface area (Å²) in [7, 11) is 0. The molecular weight excluding hydrogens is 238 g/mol. The van der Waals surface area contributed by atoms with E-state index in [1.54, 1.807) is 12.4 Å². The van der Waals surface area contributed by atoms with Gasteiger partial charge in [0.15, 0.2) is 0 Å². The third-order valence-corrected chi connectivity index (χ3v) is 2.73. The number of carbonyl (C=O) groups is 1. The highest BCUT2D eigenvalue weighted by Crippen LogP contribution is 2.11. The summed E-state index contributed by atoms with van der Waals surface area (Å²) >= 11 is 0. The second kappa shape index (κ2) is 6.54. The van der Waals surface area contributed by atoms with E-state index in [-0.39, 0.29) is 5.91 Å². The Hall–Kier alpha value is -2.36. The average Bonchev–Trinajstić information content (AvgIpc) is 2.47. The maximum absolute atomic E-state index is 11.6. The molecule has 4 heteroatoms. The Kier molecular flexibility index (Phi) is 4.50. The van der Waals surface area contributed by atoms with Gasteiger partial charge in [-0.05, 0) is 48.9 Å². The third-order valence-electron chi connectivity index (χ3n) is 2.73. The first-order chi connectivity index (χ1) is 9.29. The number of rotatable bonds is 5. The van der Waals surface area contributed by atoms with Crippen molar-refractivity contribution in [2.24, 2.45) is 0 Å². The Morgan fingerprint density at radius 2 is 1.79 bits per heavy atom. The van der Waals surface area contributed by atoms with Gasteiger partial charge in [0.05, 0.1) is 0 Å². The molecule has 0 unspecified atom stereocenters. The van der Waals surface area contributed by atoms with Crippen LogP contribution < -0.4 is 10.6 Å². The highest BCUT2D eigenvalue weighted by molar-refractivity contribution is 5.94. The van der Waals surface area contributed by atoms with Crippen molar-refractivity contribution in [1.29, 1.82) is 0 Å². The fourth-order valence-electron chi connectivity index (χ4n) is 1.71. The van der Waals surface area contributed by atoms with Gasteiger partial charge in [-0.3, -0.25) is 9.78 Å². The number of nitrogens with one attached hydrogen (secondary N) is 2. The molecule has 1 amide bonds. The zero-order valence-corrected chi connectivity index (χ0v) is 10.9. The number of benzene rings is 1. The number of pyridine rings is 1. The van der Waals surface area contributed by atoms with Crippen LogP contribution in [0.3, 0.4) is 0 Å². The summed E-state index contributed by atoms with van der Waals surface area (Å²) in [5.41, 5.74) is 2.84. The molecule has 0 spiro atoms. The molecular formula is C15H17N3O. The lowest BCUT2D eigenvalue weighted by Gasteiger charge is -2.07. The topological polar surface area (TPSA) is 54.0 Å². The molecule has 0 aliphatic rings. The molecule has 0 bridgehead atoms. The van der Waals surface area contributed by atoms with Crippen LogP contribution in [0.5, 0.6) is 0 Å². The van der Waals surface area contributed by atoms with E-state index < -0.39 is 0 Å². The van der Waals surface area contributed by atoms with Crippen LogP contribution in [0.25, 0.3) is 0 Å². The minimum Gasteiger partial charge on any atom is -0.381 e. The molecule has 0 atom stereocenters. The van der Waals surface area contributed by atoms with Crippen molar-refractivity contribution >= 4 is 11.6 Å². The van der Waals surface area contributed by atoms with E-state index in [0.29, 0.717) is 12.1 Å². The van der Waals surface area contributed by atoms with Crippen molar-refractivity contribution < 1.29 is 4.79 Å². The zero-order valence-electron chi connectivity index (χ0n) is 10.9. The first-order valence-corrected chi connectivity index (χ1v) is 6.30. The van der Waals surface area contributed by atoms with E-state index in [4.69, 9.17) is 0 Å². The Labute approximate surface area is 112 Å². The lowest BCUT2D eigenvalue weighted by atomic mass is 10.2. The second-order valence-electron chi connectivity index (χ2n) is 4.15. The highest BCUT2D eigenvalue weighted by Gasteiger charge is 2.03. The number of carbonyl (C=O) groups excluding carboxylic acids is 1. The van der Waals surface area contributed by atoms with Gasteiger partial charge in [-0.1, -0.05) is 0 Å². The van der Waals surface area contributed by atoms with E-state index in [9.17, 15) is 4.79 Å². The molecule has 2 aromatic rings. The van der Waals surface area contributed by atoms with Gasteiger partial charge in [-0.25, -0.2) is 0 Å². The van der Waals surface area contributed by atoms with E-state index in [1.165, 1.54) is 5.56 Å². The molecule has 0 radical (unpaired) electrons. The summed E-state index contributed by atoms with van der Waals surface area (Å²) in [5.74, 6) is -0.0387. The molecule has 2 N–H and O–H groups in total. The van der Waals surface area contributed by atoms with Crippen molar-refractivity contribution in [2.75, 3.05) is 11.9 Å². The van der Waals surface area contributed by atoms with Gasteiger partial charge in [0.2, 0.25) is 0 Å². The number of nitrogens with zero attached hydrogens (tertiary/aromatic N) is 1. The van der Waals surface area contributed by atoms with Crippen LogP contribution in [0.1, 0.15) is 22.8 Å². The first-order valence-electron chi connectivity index (χ1n) is 6.30. The second-order valence-corrected chi connectivity index (χ2v) is 4.15. The van der Waals surface area contributed by atoms with Gasteiger partial charge in [0, 0.05) is 36.7 Å². The molecule has 4 nitrogen and oxygen atoms in total. The van der Waals surface area contributed by atoms with Crippen molar-refractivity contribution in [1.82, 2.24) is 10.3 Å². The predicted octanol–water partition coefficient (Wildman–Crippen LogP) is 2.44. The summed E-state index contributed by atoms with van der Waals surface area (Å²) in [6.45, 7) is 3.28. The molecule has 0 saturated heterocycles. The fraction of sp³-hybridized carbons (Fsp3) is 0.200. The van der Waals surface area contributed by atoms with Gasteiger partial charge in [-0.15, -0.1) is 0 Å². The van der Waals surface area contributed by atoms with Crippen LogP contribution >= 0.6 is 0 Å². The van der Waals surface area contributed by atoms with Gasteiger partial charge in [0.1, 0.15) is 0 Å². The molecule has 1 aromatic heterocycles. The lowest BCUT2D eigenvalue weighted by Crippen LogP contribution is -2.22. The van der Waals surface area contributed by atoms with E-state index in [2.05, 4.69) is 15.6 Å². The third kappa shape index (κ3) is 3.81. The van der Waals surface area contributed by atoms with Gasteiger partial charge >= 0.3 is 0 Å². The van der Waals surface area contributed by atoms with Gasteiger partial charge in [0.25, 0.3) is 5.91 Å². The molecule has 1 aromatic carbocycles. The van der Waals surface area contributed by atoms with Crippen LogP contribution in [0.4, 0.5) is 5.69 Å². The molecule has 1 heterocycles. The van der Waals surface area contributed by atoms with Crippen molar-refractivity contribution in [2.45, 2.75) is 13.5 Å². The quantitative estimate of drug-likeness (QED) is 0.862. The van der Waals surface area contributed by atoms with E-state index >= 15 is 0 Å². The predicted molar refractivity (Wildman–Crippen MR) is 76.0 cm³/mol. The minimum atomic E-state index is -0.0387. The largest absolute Gasteiger partial charge is 0.381 e. The first kappa shape index (κ1) is 13.1. The average molecular weight is 255 g/mol. The van der Waals surface area contributed by atoms with Gasteiger partial charge in [-0.2, -0.15) is 0 Å². The van der Waals surface area contributed by atoms with Crippen LogP contribution in [0.2, 0.25) is 0 Å². The summed E-state index contributed by atoms with van der Waals surface area (Å²) < 4.78 is 0. The molecule has 0 aliphatic heterocycles. The summed E-state index contributed by atoms with van der Waals surface area (Å²) in [5, 5.41) is 6.07. The van der Waals surface area contributed by atoms with Crippen molar-refractivity contribution in [3.8, 4) is 0 Å². The van der Waals surface area contributed by atoms with E-state index in [0.717, 1.165) is 12.2 Å². The standard InChI is InChI=1S/C15H17N3O/c1-2-17-15(19)13-3-5-14(6-4-13)18-11-12-7-9-16-10-8-12/h3-10,18H,2,11H2,1H3,(H,17,19).